The van der Waals surface area contributed by atoms with Gasteiger partial charge in [-0.2, -0.15) is 4.31 Å². The van der Waals surface area contributed by atoms with Gasteiger partial charge in [0.15, 0.2) is 11.7 Å². The van der Waals surface area contributed by atoms with Crippen molar-refractivity contribution in [3.63, 3.8) is 0 Å². The zero-order chi connectivity index (χ0) is 16.0. The molecule has 1 saturated heterocycles. The van der Waals surface area contributed by atoms with Crippen molar-refractivity contribution in [2.45, 2.75) is 43.7 Å². The summed E-state index contributed by atoms with van der Waals surface area (Å²) in [7, 11) is -3.62. The van der Waals surface area contributed by atoms with Crippen molar-refractivity contribution in [3.8, 4) is 11.3 Å². The maximum absolute atomic E-state index is 13.2. The van der Waals surface area contributed by atoms with Crippen LogP contribution in [0.25, 0.3) is 11.3 Å². The monoisotopic (exact) mass is 332 g/mol. The van der Waals surface area contributed by atoms with Gasteiger partial charge >= 0.3 is 0 Å². The van der Waals surface area contributed by atoms with E-state index in [1.54, 1.807) is 11.2 Å². The number of rotatable bonds is 3. The second kappa shape index (κ2) is 5.46. The largest absolute Gasteiger partial charge is 0.440 e. The van der Waals surface area contributed by atoms with Crippen LogP contribution in [0.5, 0.6) is 0 Å². The van der Waals surface area contributed by atoms with Gasteiger partial charge in [0.05, 0.1) is 0 Å². The zero-order valence-electron chi connectivity index (χ0n) is 13.1. The quantitative estimate of drug-likeness (QED) is 0.866. The predicted octanol–water partition coefficient (Wildman–Crippen LogP) is 3.21. The highest BCUT2D eigenvalue weighted by molar-refractivity contribution is 7.89. The number of oxazole rings is 1. The minimum atomic E-state index is -3.62. The molecule has 0 radical (unpaired) electrons. The lowest BCUT2D eigenvalue weighted by Crippen LogP contribution is -2.35. The average molecular weight is 332 g/mol. The Bertz CT molecular complexity index is 814. The van der Waals surface area contributed by atoms with Crippen LogP contribution in [-0.4, -0.2) is 30.3 Å². The van der Waals surface area contributed by atoms with E-state index in [2.05, 4.69) is 4.98 Å². The minimum absolute atomic E-state index is 0.0637. The third kappa shape index (κ3) is 2.50. The van der Waals surface area contributed by atoms with Crippen LogP contribution < -0.4 is 0 Å². The molecular formula is C17H20N2O3S. The number of hydrogen-bond donors (Lipinski definition) is 0. The van der Waals surface area contributed by atoms with Crippen molar-refractivity contribution >= 4 is 10.0 Å². The van der Waals surface area contributed by atoms with Gasteiger partial charge in [-0.3, -0.25) is 0 Å². The van der Waals surface area contributed by atoms with Crippen LogP contribution in [0.3, 0.4) is 0 Å². The van der Waals surface area contributed by atoms with E-state index in [-0.39, 0.29) is 11.1 Å². The first-order chi connectivity index (χ1) is 11.1. The molecule has 1 aliphatic carbocycles. The van der Waals surface area contributed by atoms with Crippen molar-refractivity contribution in [1.82, 2.24) is 9.29 Å². The number of nitrogens with zero attached hydrogens (tertiary/aromatic N) is 2. The summed E-state index contributed by atoms with van der Waals surface area (Å²) in [6.45, 7) is 2.31. The van der Waals surface area contributed by atoms with Crippen molar-refractivity contribution in [2.24, 2.45) is 5.92 Å². The van der Waals surface area contributed by atoms with Crippen molar-refractivity contribution < 1.29 is 12.8 Å². The molecule has 2 atom stereocenters. The molecule has 1 aromatic heterocycles. The molecule has 2 aliphatic rings. The van der Waals surface area contributed by atoms with E-state index in [1.807, 2.05) is 30.3 Å². The van der Waals surface area contributed by atoms with Crippen LogP contribution in [0.1, 0.15) is 31.6 Å². The van der Waals surface area contributed by atoms with Crippen LogP contribution in [0.4, 0.5) is 0 Å². The Balaban J connectivity index is 1.78. The number of hydrogen-bond acceptors (Lipinski definition) is 4. The Kier molecular flexibility index (Phi) is 3.54. The molecule has 2 fully saturated rings. The first-order valence-electron chi connectivity index (χ1n) is 8.10. The molecule has 2 aromatic rings. The molecule has 122 valence electrons. The van der Waals surface area contributed by atoms with E-state index in [0.29, 0.717) is 24.1 Å². The first-order valence-corrected chi connectivity index (χ1v) is 9.54. The van der Waals surface area contributed by atoms with Gasteiger partial charge in [0, 0.05) is 25.1 Å². The second-order valence-electron chi connectivity index (χ2n) is 6.49. The van der Waals surface area contributed by atoms with Gasteiger partial charge < -0.3 is 4.42 Å². The maximum atomic E-state index is 13.2. The molecule has 0 spiro atoms. The molecule has 1 saturated carbocycles. The third-order valence-electron chi connectivity index (χ3n) is 4.89. The van der Waals surface area contributed by atoms with E-state index in [4.69, 9.17) is 4.42 Å². The molecule has 0 amide bonds. The van der Waals surface area contributed by atoms with E-state index in [1.165, 1.54) is 0 Å². The highest BCUT2D eigenvalue weighted by Crippen LogP contribution is 2.40. The van der Waals surface area contributed by atoms with Gasteiger partial charge in [0.25, 0.3) is 10.0 Å². The number of sulfonamides is 1. The number of aromatic nitrogens is 1. The Morgan fingerprint density at radius 1 is 1.22 bits per heavy atom. The Morgan fingerprint density at radius 2 is 2.00 bits per heavy atom. The molecule has 2 bridgehead atoms. The summed E-state index contributed by atoms with van der Waals surface area (Å²) in [6.07, 6.45) is 4.18. The number of aryl methyl sites for hydroxylation is 1. The normalized spacial score (nSPS) is 24.9. The van der Waals surface area contributed by atoms with Crippen LogP contribution in [0, 0.1) is 12.8 Å². The lowest BCUT2D eigenvalue weighted by molar-refractivity contribution is 0.355. The molecule has 6 heteroatoms. The Labute approximate surface area is 136 Å². The predicted molar refractivity (Wildman–Crippen MR) is 86.3 cm³/mol. The summed E-state index contributed by atoms with van der Waals surface area (Å²) < 4.78 is 33.7. The summed E-state index contributed by atoms with van der Waals surface area (Å²) in [4.78, 5) is 4.22. The molecule has 5 nitrogen and oxygen atoms in total. The van der Waals surface area contributed by atoms with Crippen molar-refractivity contribution in [3.05, 3.63) is 36.2 Å². The zero-order valence-corrected chi connectivity index (χ0v) is 13.9. The summed E-state index contributed by atoms with van der Waals surface area (Å²) in [5.41, 5.74) is 0.744. The first kappa shape index (κ1) is 14.9. The molecule has 23 heavy (non-hydrogen) atoms. The van der Waals surface area contributed by atoms with E-state index >= 15 is 0 Å². The number of fused-ring (bicyclic) bond motifs is 2. The molecule has 2 heterocycles. The highest BCUT2D eigenvalue weighted by Gasteiger charge is 2.44. The fourth-order valence-electron chi connectivity index (χ4n) is 3.85. The van der Waals surface area contributed by atoms with Crippen LogP contribution >= 0.6 is 0 Å². The summed E-state index contributed by atoms with van der Waals surface area (Å²) in [6, 6.07) is 9.45. The van der Waals surface area contributed by atoms with Gasteiger partial charge in [-0.25, -0.2) is 13.4 Å². The van der Waals surface area contributed by atoms with E-state index < -0.39 is 10.0 Å². The van der Waals surface area contributed by atoms with Crippen LogP contribution in [0.2, 0.25) is 0 Å². The standard InChI is InChI=1S/C17H20N2O3S/c1-12-18-17(16(22-12)14-7-3-2-4-8-14)23(20,21)19-11-13-6-5-9-15(19)10-13/h2-4,7-8,13,15H,5-6,9-11H2,1H3. The Hall–Kier alpha value is -1.66. The molecular weight excluding hydrogens is 312 g/mol. The SMILES string of the molecule is Cc1nc(S(=O)(=O)N2CC3CCCC2C3)c(-c2ccccc2)o1. The maximum Gasteiger partial charge on any atom is 0.264 e. The Morgan fingerprint density at radius 3 is 2.74 bits per heavy atom. The molecule has 0 N–H and O–H groups in total. The lowest BCUT2D eigenvalue weighted by Gasteiger charge is -2.23. The van der Waals surface area contributed by atoms with Crippen LogP contribution in [0.15, 0.2) is 39.8 Å². The van der Waals surface area contributed by atoms with E-state index in [0.717, 1.165) is 31.2 Å². The van der Waals surface area contributed by atoms with Crippen molar-refractivity contribution in [2.75, 3.05) is 6.54 Å². The van der Waals surface area contributed by atoms with Gasteiger partial charge in [0.1, 0.15) is 0 Å². The second-order valence-corrected chi connectivity index (χ2v) is 8.30. The molecule has 4 rings (SSSR count). The van der Waals surface area contributed by atoms with Gasteiger partial charge in [-0.05, 0) is 25.2 Å². The smallest absolute Gasteiger partial charge is 0.264 e. The highest BCUT2D eigenvalue weighted by atomic mass is 32.2. The van der Waals surface area contributed by atoms with Gasteiger partial charge in [-0.15, -0.1) is 0 Å². The van der Waals surface area contributed by atoms with Crippen molar-refractivity contribution in [1.29, 1.82) is 0 Å². The molecule has 2 unspecified atom stereocenters. The fourth-order valence-corrected chi connectivity index (χ4v) is 5.70. The number of benzene rings is 1. The summed E-state index contributed by atoms with van der Waals surface area (Å²) in [5.74, 6) is 1.23. The molecule has 1 aromatic carbocycles. The van der Waals surface area contributed by atoms with Gasteiger partial charge in [0.2, 0.25) is 5.03 Å². The average Bonchev–Trinajstić information content (AvgIpc) is 3.09. The minimum Gasteiger partial charge on any atom is -0.440 e. The van der Waals surface area contributed by atoms with E-state index in [9.17, 15) is 8.42 Å². The third-order valence-corrected chi connectivity index (χ3v) is 6.72. The van der Waals surface area contributed by atoms with Gasteiger partial charge in [-0.1, -0.05) is 36.8 Å². The van der Waals surface area contributed by atoms with Crippen LogP contribution in [-0.2, 0) is 10.0 Å². The fraction of sp³-hybridized carbons (Fsp3) is 0.471. The molecule has 1 aliphatic heterocycles. The topological polar surface area (TPSA) is 63.4 Å². The summed E-state index contributed by atoms with van der Waals surface area (Å²) in [5, 5.41) is 0.0637. The summed E-state index contributed by atoms with van der Waals surface area (Å²) >= 11 is 0. The lowest BCUT2D eigenvalue weighted by atomic mass is 9.91.